The highest BCUT2D eigenvalue weighted by Gasteiger charge is 2.27. The van der Waals surface area contributed by atoms with Gasteiger partial charge in [0, 0.05) is 24.9 Å². The van der Waals surface area contributed by atoms with Crippen molar-refractivity contribution in [3.63, 3.8) is 0 Å². The lowest BCUT2D eigenvalue weighted by Gasteiger charge is -2.32. The first-order chi connectivity index (χ1) is 9.32. The Morgan fingerprint density at radius 2 is 2.10 bits per heavy atom. The van der Waals surface area contributed by atoms with Gasteiger partial charge in [0.1, 0.15) is 0 Å². The van der Waals surface area contributed by atoms with Gasteiger partial charge in [0.25, 0.3) is 0 Å². The maximum absolute atomic E-state index is 11.6. The van der Waals surface area contributed by atoms with E-state index in [-0.39, 0.29) is 6.04 Å². The minimum atomic E-state index is -3.05. The van der Waals surface area contributed by atoms with Crippen molar-refractivity contribution in [3.8, 4) is 0 Å². The molecular weight excluding hydrogens is 294 g/mol. The molecule has 1 aliphatic heterocycles. The Balaban J connectivity index is 2.40. The Morgan fingerprint density at radius 3 is 2.65 bits per heavy atom. The lowest BCUT2D eigenvalue weighted by molar-refractivity contribution is 0.242. The van der Waals surface area contributed by atoms with Crippen molar-refractivity contribution >= 4 is 21.8 Å². The van der Waals surface area contributed by atoms with E-state index >= 15 is 0 Å². The van der Waals surface area contributed by atoms with Crippen LogP contribution in [-0.2, 0) is 10.0 Å². The van der Waals surface area contributed by atoms with E-state index in [2.05, 4.69) is 19.3 Å². The van der Waals surface area contributed by atoms with Crippen molar-refractivity contribution in [1.82, 2.24) is 9.73 Å². The summed E-state index contributed by atoms with van der Waals surface area (Å²) in [5.41, 5.74) is 2.89. The third-order valence-corrected chi connectivity index (χ3v) is 6.38. The Labute approximate surface area is 128 Å². The second-order valence-electron chi connectivity index (χ2n) is 6.16. The summed E-state index contributed by atoms with van der Waals surface area (Å²) in [6, 6.07) is 0.267. The Bertz CT molecular complexity index is 374. The molecule has 1 saturated heterocycles. The van der Waals surface area contributed by atoms with Crippen LogP contribution in [0.4, 0.5) is 0 Å². The lowest BCUT2D eigenvalue weighted by atomic mass is 9.93. The molecule has 7 heteroatoms. The van der Waals surface area contributed by atoms with E-state index in [1.165, 1.54) is 6.26 Å². The summed E-state index contributed by atoms with van der Waals surface area (Å²) in [7, 11) is -3.05. The molecule has 0 saturated carbocycles. The van der Waals surface area contributed by atoms with Crippen molar-refractivity contribution in [2.24, 2.45) is 17.7 Å². The molecule has 0 spiro atoms. The highest BCUT2D eigenvalue weighted by atomic mass is 32.2. The molecule has 0 amide bonds. The van der Waals surface area contributed by atoms with Crippen molar-refractivity contribution in [2.45, 2.75) is 39.2 Å². The van der Waals surface area contributed by atoms with E-state index in [1.807, 2.05) is 11.8 Å². The predicted octanol–water partition coefficient (Wildman–Crippen LogP) is 1.27. The zero-order valence-electron chi connectivity index (χ0n) is 12.8. The van der Waals surface area contributed by atoms with Gasteiger partial charge in [-0.25, -0.2) is 12.7 Å². The van der Waals surface area contributed by atoms with Crippen LogP contribution in [0.2, 0.25) is 0 Å². The van der Waals surface area contributed by atoms with Crippen LogP contribution >= 0.6 is 11.8 Å². The smallest absolute Gasteiger partial charge is 0.211 e. The fourth-order valence-corrected chi connectivity index (χ4v) is 4.62. The average molecular weight is 324 g/mol. The molecule has 2 atom stereocenters. The molecular formula is C13H29N3O2S2. The second-order valence-corrected chi connectivity index (χ2v) is 9.22. The zero-order valence-corrected chi connectivity index (χ0v) is 14.5. The number of nitrogens with one attached hydrogen (secondary N) is 1. The van der Waals surface area contributed by atoms with E-state index < -0.39 is 10.0 Å². The molecule has 1 heterocycles. The van der Waals surface area contributed by atoms with Crippen LogP contribution < -0.4 is 11.3 Å². The summed E-state index contributed by atoms with van der Waals surface area (Å²) in [5, 5.41) is 0. The molecule has 0 radical (unpaired) electrons. The van der Waals surface area contributed by atoms with Crippen molar-refractivity contribution in [3.05, 3.63) is 0 Å². The normalized spacial score (nSPS) is 23.1. The minimum absolute atomic E-state index is 0.267. The first kappa shape index (κ1) is 18.2. The number of sulfonamides is 1. The number of hydrogen-bond donors (Lipinski definition) is 2. The molecule has 0 aromatic carbocycles. The van der Waals surface area contributed by atoms with Gasteiger partial charge in [0.2, 0.25) is 10.0 Å². The van der Waals surface area contributed by atoms with E-state index in [0.29, 0.717) is 24.9 Å². The fourth-order valence-electron chi connectivity index (χ4n) is 2.55. The third kappa shape index (κ3) is 6.76. The van der Waals surface area contributed by atoms with Crippen LogP contribution in [0.15, 0.2) is 0 Å². The quantitative estimate of drug-likeness (QED) is 0.520. The Kier molecular flexibility index (Phi) is 7.82. The largest absolute Gasteiger partial charge is 0.271 e. The highest BCUT2D eigenvalue weighted by Crippen LogP contribution is 2.24. The van der Waals surface area contributed by atoms with Gasteiger partial charge < -0.3 is 0 Å². The summed E-state index contributed by atoms with van der Waals surface area (Å²) in [6.07, 6.45) is 4.30. The van der Waals surface area contributed by atoms with Gasteiger partial charge in [-0.05, 0) is 36.9 Å². The number of nitrogens with two attached hydrogens (primary N) is 1. The minimum Gasteiger partial charge on any atom is -0.271 e. The highest BCUT2D eigenvalue weighted by molar-refractivity contribution is 7.99. The molecule has 0 bridgehead atoms. The summed E-state index contributed by atoms with van der Waals surface area (Å²) in [6.45, 7) is 5.73. The van der Waals surface area contributed by atoms with E-state index in [4.69, 9.17) is 5.84 Å². The van der Waals surface area contributed by atoms with E-state index in [1.54, 1.807) is 4.31 Å². The summed E-state index contributed by atoms with van der Waals surface area (Å²) < 4.78 is 24.8. The summed E-state index contributed by atoms with van der Waals surface area (Å²) in [4.78, 5) is 0. The SMILES string of the molecule is CC(C)CSCC(CC1CCCN(S(C)(=O)=O)C1)NN. The van der Waals surface area contributed by atoms with Crippen LogP contribution in [0, 0.1) is 11.8 Å². The molecule has 1 fully saturated rings. The van der Waals surface area contributed by atoms with E-state index in [9.17, 15) is 8.42 Å². The second kappa shape index (κ2) is 8.58. The van der Waals surface area contributed by atoms with Gasteiger partial charge >= 0.3 is 0 Å². The van der Waals surface area contributed by atoms with Crippen LogP contribution in [0.5, 0.6) is 0 Å². The van der Waals surface area contributed by atoms with Gasteiger partial charge in [-0.15, -0.1) is 0 Å². The number of hydrazine groups is 1. The lowest BCUT2D eigenvalue weighted by Crippen LogP contribution is -2.44. The fraction of sp³-hybridized carbons (Fsp3) is 1.00. The van der Waals surface area contributed by atoms with Crippen LogP contribution in [0.25, 0.3) is 0 Å². The van der Waals surface area contributed by atoms with Crippen molar-refractivity contribution in [1.29, 1.82) is 0 Å². The molecule has 1 rings (SSSR count). The van der Waals surface area contributed by atoms with E-state index in [0.717, 1.165) is 30.8 Å². The molecule has 0 aromatic rings. The third-order valence-electron chi connectivity index (χ3n) is 3.57. The molecule has 2 unspecified atom stereocenters. The maximum Gasteiger partial charge on any atom is 0.211 e. The Hall–Kier alpha value is 0.180. The van der Waals surface area contributed by atoms with Gasteiger partial charge in [0.05, 0.1) is 6.26 Å². The molecule has 0 aromatic heterocycles. The molecule has 5 nitrogen and oxygen atoms in total. The summed E-state index contributed by atoms with van der Waals surface area (Å²) in [5.74, 6) is 8.86. The molecule has 20 heavy (non-hydrogen) atoms. The van der Waals surface area contributed by atoms with Crippen LogP contribution in [-0.4, -0.2) is 49.6 Å². The predicted molar refractivity (Wildman–Crippen MR) is 87.0 cm³/mol. The topological polar surface area (TPSA) is 75.4 Å². The van der Waals surface area contributed by atoms with Crippen LogP contribution in [0.3, 0.4) is 0 Å². The van der Waals surface area contributed by atoms with Gasteiger partial charge in [-0.3, -0.25) is 11.3 Å². The average Bonchev–Trinajstić information content (AvgIpc) is 2.36. The first-order valence-electron chi connectivity index (χ1n) is 7.32. The van der Waals surface area contributed by atoms with Crippen molar-refractivity contribution in [2.75, 3.05) is 30.9 Å². The van der Waals surface area contributed by atoms with Crippen molar-refractivity contribution < 1.29 is 8.42 Å². The molecule has 1 aliphatic rings. The standard InChI is InChI=1S/C13H29N3O2S2/c1-11(2)9-19-10-13(15-14)7-12-5-4-6-16(8-12)20(3,17)18/h11-13,15H,4-10,14H2,1-3H3. The van der Waals surface area contributed by atoms with Gasteiger partial charge in [0.15, 0.2) is 0 Å². The zero-order chi connectivity index (χ0) is 15.2. The number of hydrogen-bond acceptors (Lipinski definition) is 5. The van der Waals surface area contributed by atoms with Gasteiger partial charge in [-0.1, -0.05) is 13.8 Å². The monoisotopic (exact) mass is 323 g/mol. The summed E-state index contributed by atoms with van der Waals surface area (Å²) >= 11 is 1.91. The van der Waals surface area contributed by atoms with Crippen LogP contribution in [0.1, 0.15) is 33.1 Å². The van der Waals surface area contributed by atoms with Gasteiger partial charge in [-0.2, -0.15) is 11.8 Å². The number of piperidine rings is 1. The number of nitrogens with zero attached hydrogens (tertiary/aromatic N) is 1. The maximum atomic E-state index is 11.6. The Morgan fingerprint density at radius 1 is 1.40 bits per heavy atom. The molecule has 3 N–H and O–H groups in total. The molecule has 120 valence electrons. The number of rotatable bonds is 8. The number of thioether (sulfide) groups is 1. The first-order valence-corrected chi connectivity index (χ1v) is 10.3. The molecule has 0 aliphatic carbocycles.